The molecule has 0 saturated heterocycles. The quantitative estimate of drug-likeness (QED) is 0.868. The van der Waals surface area contributed by atoms with Gasteiger partial charge in [0.05, 0.1) is 5.69 Å². The Hall–Kier alpha value is -0.830. The van der Waals surface area contributed by atoms with Crippen molar-refractivity contribution in [2.45, 2.75) is 69.9 Å². The van der Waals surface area contributed by atoms with E-state index in [1.807, 2.05) is 0 Å². The molecule has 0 atom stereocenters. The van der Waals surface area contributed by atoms with Crippen LogP contribution in [0, 0.1) is 0 Å². The standard InChI is InChI=1S/C15H23N3/c1-2-4-12(5-3-1)18-14-8-9-16-10-13(14)17-15(18)11-6-7-11/h11-12,16H,1-10H2. The number of imidazole rings is 1. The fourth-order valence-electron chi connectivity index (χ4n) is 3.73. The molecule has 3 aliphatic rings. The van der Waals surface area contributed by atoms with Crippen molar-refractivity contribution in [2.24, 2.45) is 0 Å². The van der Waals surface area contributed by atoms with Gasteiger partial charge < -0.3 is 9.88 Å². The van der Waals surface area contributed by atoms with E-state index in [0.717, 1.165) is 25.0 Å². The molecule has 0 unspecified atom stereocenters. The number of aromatic nitrogens is 2. The summed E-state index contributed by atoms with van der Waals surface area (Å²) in [6, 6.07) is 0.767. The summed E-state index contributed by atoms with van der Waals surface area (Å²) in [6.45, 7) is 2.13. The molecule has 2 fully saturated rings. The maximum absolute atomic E-state index is 4.99. The topological polar surface area (TPSA) is 29.9 Å². The van der Waals surface area contributed by atoms with Crippen LogP contribution >= 0.6 is 0 Å². The van der Waals surface area contributed by atoms with Crippen molar-refractivity contribution in [3.8, 4) is 0 Å². The van der Waals surface area contributed by atoms with E-state index in [9.17, 15) is 0 Å². The van der Waals surface area contributed by atoms with Crippen molar-refractivity contribution in [3.63, 3.8) is 0 Å². The first-order valence-corrected chi connectivity index (χ1v) is 7.74. The van der Waals surface area contributed by atoms with Gasteiger partial charge in [0.25, 0.3) is 0 Å². The molecule has 98 valence electrons. The van der Waals surface area contributed by atoms with Crippen molar-refractivity contribution in [3.05, 3.63) is 17.2 Å². The molecule has 0 aromatic carbocycles. The van der Waals surface area contributed by atoms with Crippen molar-refractivity contribution >= 4 is 0 Å². The monoisotopic (exact) mass is 245 g/mol. The van der Waals surface area contributed by atoms with Gasteiger partial charge in [0.15, 0.2) is 0 Å². The first-order chi connectivity index (χ1) is 8.93. The van der Waals surface area contributed by atoms with Gasteiger partial charge in [-0.25, -0.2) is 4.98 Å². The summed E-state index contributed by atoms with van der Waals surface area (Å²) < 4.78 is 2.69. The molecule has 1 aromatic heterocycles. The van der Waals surface area contributed by atoms with E-state index in [2.05, 4.69) is 9.88 Å². The second-order valence-electron chi connectivity index (χ2n) is 6.23. The Bertz CT molecular complexity index is 439. The number of nitrogens with one attached hydrogen (secondary N) is 1. The van der Waals surface area contributed by atoms with Gasteiger partial charge in [-0.15, -0.1) is 0 Å². The van der Waals surface area contributed by atoms with Gasteiger partial charge in [-0.1, -0.05) is 19.3 Å². The van der Waals surface area contributed by atoms with Gasteiger partial charge in [-0.3, -0.25) is 0 Å². The molecule has 1 N–H and O–H groups in total. The fourth-order valence-corrected chi connectivity index (χ4v) is 3.73. The largest absolute Gasteiger partial charge is 0.328 e. The molecule has 4 rings (SSSR count). The van der Waals surface area contributed by atoms with Crippen LogP contribution in [-0.2, 0) is 13.0 Å². The zero-order valence-corrected chi connectivity index (χ0v) is 11.1. The highest BCUT2D eigenvalue weighted by atomic mass is 15.2. The molecule has 2 heterocycles. The Morgan fingerprint density at radius 2 is 1.89 bits per heavy atom. The number of fused-ring (bicyclic) bond motifs is 1. The highest BCUT2D eigenvalue weighted by Crippen LogP contribution is 2.43. The first kappa shape index (κ1) is 11.0. The lowest BCUT2D eigenvalue weighted by molar-refractivity contribution is 0.337. The minimum Gasteiger partial charge on any atom is -0.328 e. The van der Waals surface area contributed by atoms with Crippen LogP contribution in [0.2, 0.25) is 0 Å². The van der Waals surface area contributed by atoms with Gasteiger partial charge in [0, 0.05) is 37.2 Å². The van der Waals surface area contributed by atoms with Gasteiger partial charge >= 0.3 is 0 Å². The Labute approximate surface area is 109 Å². The summed E-state index contributed by atoms with van der Waals surface area (Å²) in [4.78, 5) is 4.99. The van der Waals surface area contributed by atoms with E-state index in [1.54, 1.807) is 5.69 Å². The van der Waals surface area contributed by atoms with Crippen molar-refractivity contribution in [1.82, 2.24) is 14.9 Å². The molecule has 0 amide bonds. The lowest BCUT2D eigenvalue weighted by atomic mass is 9.94. The van der Waals surface area contributed by atoms with Crippen LogP contribution in [0.1, 0.15) is 74.1 Å². The molecule has 3 nitrogen and oxygen atoms in total. The third-order valence-electron chi connectivity index (χ3n) is 4.83. The minimum absolute atomic E-state index is 0.767. The van der Waals surface area contributed by atoms with Gasteiger partial charge in [-0.2, -0.15) is 0 Å². The Morgan fingerprint density at radius 3 is 2.67 bits per heavy atom. The molecular formula is C15H23N3. The first-order valence-electron chi connectivity index (χ1n) is 7.74. The van der Waals surface area contributed by atoms with Crippen LogP contribution in [0.15, 0.2) is 0 Å². The van der Waals surface area contributed by atoms with Crippen LogP contribution < -0.4 is 5.32 Å². The van der Waals surface area contributed by atoms with E-state index in [0.29, 0.717) is 0 Å². The van der Waals surface area contributed by atoms with Gasteiger partial charge in [0.1, 0.15) is 5.82 Å². The van der Waals surface area contributed by atoms with Crippen LogP contribution in [0.3, 0.4) is 0 Å². The van der Waals surface area contributed by atoms with Gasteiger partial charge in [0.2, 0.25) is 0 Å². The highest BCUT2D eigenvalue weighted by Gasteiger charge is 2.34. The average Bonchev–Trinajstić information content (AvgIpc) is 3.20. The zero-order valence-electron chi connectivity index (χ0n) is 11.1. The van der Waals surface area contributed by atoms with Crippen molar-refractivity contribution in [1.29, 1.82) is 0 Å². The smallest absolute Gasteiger partial charge is 0.112 e. The third kappa shape index (κ3) is 1.80. The summed E-state index contributed by atoms with van der Waals surface area (Å²) >= 11 is 0. The van der Waals surface area contributed by atoms with Crippen LogP contribution in [0.25, 0.3) is 0 Å². The molecule has 0 bridgehead atoms. The van der Waals surface area contributed by atoms with E-state index < -0.39 is 0 Å². The Morgan fingerprint density at radius 1 is 1.06 bits per heavy atom. The maximum atomic E-state index is 4.99. The second kappa shape index (κ2) is 4.37. The van der Waals surface area contributed by atoms with E-state index in [4.69, 9.17) is 4.98 Å². The minimum atomic E-state index is 0.767. The lowest BCUT2D eigenvalue weighted by Gasteiger charge is -2.28. The van der Waals surface area contributed by atoms with Crippen LogP contribution in [-0.4, -0.2) is 16.1 Å². The summed E-state index contributed by atoms with van der Waals surface area (Å²) in [5.41, 5.74) is 2.93. The normalized spacial score (nSPS) is 25.1. The number of nitrogens with zero attached hydrogens (tertiary/aromatic N) is 2. The molecule has 0 radical (unpaired) electrons. The molecule has 1 aromatic rings. The van der Waals surface area contributed by atoms with E-state index in [-0.39, 0.29) is 0 Å². The Balaban J connectivity index is 1.75. The Kier molecular flexibility index (Phi) is 2.68. The van der Waals surface area contributed by atoms with E-state index >= 15 is 0 Å². The van der Waals surface area contributed by atoms with Crippen LogP contribution in [0.4, 0.5) is 0 Å². The second-order valence-corrected chi connectivity index (χ2v) is 6.23. The predicted molar refractivity (Wildman–Crippen MR) is 71.7 cm³/mol. The SMILES string of the molecule is C1CCC(n2c(C3CC3)nc3c2CCNC3)CC1. The fraction of sp³-hybridized carbons (Fsp3) is 0.800. The van der Waals surface area contributed by atoms with Crippen LogP contribution in [0.5, 0.6) is 0 Å². The highest BCUT2D eigenvalue weighted by molar-refractivity contribution is 5.25. The summed E-state index contributed by atoms with van der Waals surface area (Å²) in [7, 11) is 0. The summed E-state index contributed by atoms with van der Waals surface area (Å²) in [6.07, 6.45) is 11.0. The molecule has 18 heavy (non-hydrogen) atoms. The molecule has 1 aliphatic heterocycles. The molecule has 0 spiro atoms. The molecule has 2 aliphatic carbocycles. The van der Waals surface area contributed by atoms with Gasteiger partial charge in [-0.05, 0) is 25.7 Å². The maximum Gasteiger partial charge on any atom is 0.112 e. The van der Waals surface area contributed by atoms with E-state index in [1.165, 1.54) is 62.9 Å². The number of rotatable bonds is 2. The van der Waals surface area contributed by atoms with Crippen molar-refractivity contribution in [2.75, 3.05) is 6.54 Å². The number of hydrogen-bond acceptors (Lipinski definition) is 2. The lowest BCUT2D eigenvalue weighted by Crippen LogP contribution is -2.26. The zero-order chi connectivity index (χ0) is 11.9. The van der Waals surface area contributed by atoms with Crippen molar-refractivity contribution < 1.29 is 0 Å². The average molecular weight is 245 g/mol. The summed E-state index contributed by atoms with van der Waals surface area (Å²) in [5.74, 6) is 2.23. The predicted octanol–water partition coefficient (Wildman–Crippen LogP) is 2.91. The molecule has 2 saturated carbocycles. The molecule has 3 heteroatoms. The molecular weight excluding hydrogens is 222 g/mol. The summed E-state index contributed by atoms with van der Waals surface area (Å²) in [5, 5.41) is 3.47. The third-order valence-corrected chi connectivity index (χ3v) is 4.83. The number of hydrogen-bond donors (Lipinski definition) is 1.